The van der Waals surface area contributed by atoms with Gasteiger partial charge in [0.15, 0.2) is 5.72 Å². The van der Waals surface area contributed by atoms with Gasteiger partial charge in [-0.05, 0) is 57.4 Å². The Morgan fingerprint density at radius 1 is 1.16 bits per heavy atom. The summed E-state index contributed by atoms with van der Waals surface area (Å²) >= 11 is 1.54. The van der Waals surface area contributed by atoms with Gasteiger partial charge in [-0.2, -0.15) is 4.98 Å². The van der Waals surface area contributed by atoms with Crippen LogP contribution in [0, 0.1) is 18.8 Å². The number of hydrogen-bond acceptors (Lipinski definition) is 11. The molecule has 5 N–H and O–H groups in total. The van der Waals surface area contributed by atoms with Crippen LogP contribution in [0.5, 0.6) is 0 Å². The number of aryl methyl sites for hydroxylation is 1. The Labute approximate surface area is 219 Å². The smallest absolute Gasteiger partial charge is 0.224 e. The molecule has 3 fully saturated rings. The number of thiazole rings is 1. The fourth-order valence-electron chi connectivity index (χ4n) is 5.04. The molecule has 3 atom stereocenters. The van der Waals surface area contributed by atoms with Gasteiger partial charge in [-0.25, -0.2) is 9.97 Å². The molecule has 0 saturated heterocycles. The standard InChI is InChI=1S/C26H34N6O4S/c1-14-19(24-30-21-18(37-24)7-9-27-20(21)16-4-5-16)23(32-26(35)8-6-17(12-33)22(26)34)31-25(29-14)28-10-11-36-13-15-2-3-15/h7,9,15-17,22,33-35H,2-6,8,10-13H2,1H3,(H2,28,29,31,32). The van der Waals surface area contributed by atoms with E-state index in [2.05, 4.69) is 15.6 Å². The van der Waals surface area contributed by atoms with E-state index in [4.69, 9.17) is 19.7 Å². The highest BCUT2D eigenvalue weighted by Gasteiger charge is 2.47. The van der Waals surface area contributed by atoms with Crippen molar-refractivity contribution in [1.82, 2.24) is 19.9 Å². The van der Waals surface area contributed by atoms with Crippen LogP contribution in [0.4, 0.5) is 11.8 Å². The van der Waals surface area contributed by atoms with E-state index in [-0.39, 0.29) is 13.0 Å². The monoisotopic (exact) mass is 526 g/mol. The van der Waals surface area contributed by atoms with Gasteiger partial charge in [0.2, 0.25) is 5.95 Å². The van der Waals surface area contributed by atoms with Gasteiger partial charge >= 0.3 is 0 Å². The Balaban J connectivity index is 1.32. The van der Waals surface area contributed by atoms with Crippen molar-refractivity contribution in [2.75, 3.05) is 37.0 Å². The normalized spacial score (nSPS) is 25.6. The molecular weight excluding hydrogens is 492 g/mol. The van der Waals surface area contributed by atoms with E-state index in [1.54, 1.807) is 11.3 Å². The number of ether oxygens (including phenoxy) is 1. The van der Waals surface area contributed by atoms with E-state index in [1.165, 1.54) is 12.8 Å². The lowest BCUT2D eigenvalue weighted by atomic mass is 10.0. The molecule has 6 rings (SSSR count). The molecule has 3 aliphatic carbocycles. The fourth-order valence-corrected chi connectivity index (χ4v) is 6.11. The van der Waals surface area contributed by atoms with Crippen LogP contribution in [0.1, 0.15) is 55.8 Å². The number of aromatic nitrogens is 4. The van der Waals surface area contributed by atoms with E-state index >= 15 is 0 Å². The predicted molar refractivity (Wildman–Crippen MR) is 142 cm³/mol. The maximum atomic E-state index is 11.3. The maximum absolute atomic E-state index is 11.3. The third kappa shape index (κ3) is 5.15. The fraction of sp³-hybridized carbons (Fsp3) is 0.615. The molecule has 3 aromatic heterocycles. The zero-order valence-electron chi connectivity index (χ0n) is 21.0. The number of pyridine rings is 1. The highest BCUT2D eigenvalue weighted by atomic mass is 32.1. The average molecular weight is 527 g/mol. The van der Waals surface area contributed by atoms with E-state index in [0.717, 1.165) is 40.4 Å². The first-order valence-corrected chi connectivity index (χ1v) is 14.0. The third-order valence-corrected chi connectivity index (χ3v) is 8.62. The van der Waals surface area contributed by atoms with Crippen LogP contribution in [0.2, 0.25) is 0 Å². The number of hydrogen-bond donors (Lipinski definition) is 5. The van der Waals surface area contributed by atoms with Crippen LogP contribution in [-0.4, -0.2) is 73.4 Å². The Bertz CT molecular complexity index is 1280. The number of aliphatic hydroxyl groups excluding tert-OH is 2. The Morgan fingerprint density at radius 2 is 2.00 bits per heavy atom. The van der Waals surface area contributed by atoms with E-state index in [1.807, 2.05) is 19.2 Å². The first-order valence-electron chi connectivity index (χ1n) is 13.2. The molecular formula is C26H34N6O4S. The second kappa shape index (κ2) is 10.0. The van der Waals surface area contributed by atoms with Crippen LogP contribution in [0.25, 0.3) is 20.8 Å². The second-order valence-electron chi connectivity index (χ2n) is 10.6. The summed E-state index contributed by atoms with van der Waals surface area (Å²) in [5.41, 5.74) is 1.71. The SMILES string of the molecule is Cc1nc(NCCOCC2CC2)nc(NC2(O)CCC(CO)C2O)c1-c1nc2c(C3CC3)nccc2s1. The summed E-state index contributed by atoms with van der Waals surface area (Å²) in [7, 11) is 0. The topological polar surface area (TPSA) is 146 Å². The number of nitrogens with zero attached hydrogens (tertiary/aromatic N) is 4. The number of fused-ring (bicyclic) bond motifs is 1. The molecule has 11 heteroatoms. The molecule has 3 aromatic rings. The molecule has 0 amide bonds. The van der Waals surface area contributed by atoms with Crippen molar-refractivity contribution in [3.05, 3.63) is 23.7 Å². The van der Waals surface area contributed by atoms with Crippen molar-refractivity contribution in [2.45, 2.75) is 63.2 Å². The van der Waals surface area contributed by atoms with Crippen molar-refractivity contribution in [2.24, 2.45) is 11.8 Å². The number of anilines is 2. The molecule has 3 unspecified atom stereocenters. The summed E-state index contributed by atoms with van der Waals surface area (Å²) in [5, 5.41) is 38.8. The number of aliphatic hydroxyl groups is 3. The molecule has 3 saturated carbocycles. The van der Waals surface area contributed by atoms with Gasteiger partial charge in [0.05, 0.1) is 28.3 Å². The first-order chi connectivity index (χ1) is 17.9. The summed E-state index contributed by atoms with van der Waals surface area (Å²) in [6.07, 6.45) is 6.27. The van der Waals surface area contributed by atoms with E-state index in [9.17, 15) is 15.3 Å². The summed E-state index contributed by atoms with van der Waals surface area (Å²) in [4.78, 5) is 19.0. The predicted octanol–water partition coefficient (Wildman–Crippen LogP) is 3.04. The minimum Gasteiger partial charge on any atom is -0.396 e. The largest absolute Gasteiger partial charge is 0.396 e. The van der Waals surface area contributed by atoms with Gasteiger partial charge in [0, 0.05) is 37.8 Å². The second-order valence-corrected chi connectivity index (χ2v) is 11.6. The van der Waals surface area contributed by atoms with Crippen LogP contribution >= 0.6 is 11.3 Å². The van der Waals surface area contributed by atoms with E-state index < -0.39 is 17.7 Å². The van der Waals surface area contributed by atoms with Gasteiger partial charge < -0.3 is 30.7 Å². The zero-order valence-corrected chi connectivity index (χ0v) is 21.8. The highest BCUT2D eigenvalue weighted by Crippen LogP contribution is 2.45. The molecule has 0 aliphatic heterocycles. The van der Waals surface area contributed by atoms with Gasteiger partial charge in [-0.1, -0.05) is 0 Å². The lowest BCUT2D eigenvalue weighted by Crippen LogP contribution is -2.48. The van der Waals surface area contributed by atoms with Crippen molar-refractivity contribution >= 4 is 33.3 Å². The van der Waals surface area contributed by atoms with Crippen LogP contribution in [-0.2, 0) is 4.74 Å². The summed E-state index contributed by atoms with van der Waals surface area (Å²) < 4.78 is 6.77. The van der Waals surface area contributed by atoms with Gasteiger partial charge in [-0.3, -0.25) is 4.98 Å². The molecule has 0 spiro atoms. The quantitative estimate of drug-likeness (QED) is 0.187. The van der Waals surface area contributed by atoms with Crippen molar-refractivity contribution in [1.29, 1.82) is 0 Å². The molecule has 10 nitrogen and oxygen atoms in total. The van der Waals surface area contributed by atoms with Crippen molar-refractivity contribution in [3.8, 4) is 10.6 Å². The number of nitrogens with one attached hydrogen (secondary N) is 2. The highest BCUT2D eigenvalue weighted by molar-refractivity contribution is 7.21. The number of rotatable bonds is 11. The average Bonchev–Trinajstić information content (AvgIpc) is 3.80. The molecule has 198 valence electrons. The van der Waals surface area contributed by atoms with Gasteiger partial charge in [0.1, 0.15) is 22.4 Å². The van der Waals surface area contributed by atoms with Crippen LogP contribution in [0.3, 0.4) is 0 Å². The lowest BCUT2D eigenvalue weighted by molar-refractivity contribution is -0.0545. The van der Waals surface area contributed by atoms with Crippen LogP contribution in [0.15, 0.2) is 12.3 Å². The summed E-state index contributed by atoms with van der Waals surface area (Å²) in [6, 6.07) is 1.98. The van der Waals surface area contributed by atoms with E-state index in [0.29, 0.717) is 54.4 Å². The molecule has 0 bridgehead atoms. The Kier molecular flexibility index (Phi) is 6.74. The zero-order chi connectivity index (χ0) is 25.6. The summed E-state index contributed by atoms with van der Waals surface area (Å²) in [6.45, 7) is 3.61. The van der Waals surface area contributed by atoms with Crippen LogP contribution < -0.4 is 10.6 Å². The van der Waals surface area contributed by atoms with Crippen molar-refractivity contribution < 1.29 is 20.1 Å². The van der Waals surface area contributed by atoms with Crippen molar-refractivity contribution in [3.63, 3.8) is 0 Å². The maximum Gasteiger partial charge on any atom is 0.224 e. The molecule has 3 aliphatic rings. The first kappa shape index (κ1) is 24.9. The minimum absolute atomic E-state index is 0.191. The Hall–Kier alpha value is -2.44. The third-order valence-electron chi connectivity index (χ3n) is 7.58. The summed E-state index contributed by atoms with van der Waals surface area (Å²) in [5.74, 6) is 1.58. The van der Waals surface area contributed by atoms with Gasteiger partial charge in [-0.15, -0.1) is 11.3 Å². The lowest BCUT2D eigenvalue weighted by Gasteiger charge is -2.31. The molecule has 0 radical (unpaired) electrons. The molecule has 0 aromatic carbocycles. The molecule has 3 heterocycles. The molecule has 37 heavy (non-hydrogen) atoms. The Morgan fingerprint density at radius 3 is 2.73 bits per heavy atom. The minimum atomic E-state index is -1.62. The van der Waals surface area contributed by atoms with Gasteiger partial charge in [0.25, 0.3) is 0 Å².